The van der Waals surface area contributed by atoms with Gasteiger partial charge in [0.05, 0.1) is 0 Å². The van der Waals surface area contributed by atoms with Crippen molar-refractivity contribution < 1.29 is 4.79 Å². The predicted molar refractivity (Wildman–Crippen MR) is 72.5 cm³/mol. The van der Waals surface area contributed by atoms with Gasteiger partial charge >= 0.3 is 0 Å². The minimum Gasteiger partial charge on any atom is -0.399 e. The summed E-state index contributed by atoms with van der Waals surface area (Å²) in [5, 5.41) is 2.75. The maximum Gasteiger partial charge on any atom is 0.256 e. The molecule has 0 spiro atoms. The van der Waals surface area contributed by atoms with Crippen molar-refractivity contribution in [3.63, 3.8) is 0 Å². The molecule has 18 heavy (non-hydrogen) atoms. The number of carbonyl (C=O) groups is 1. The Morgan fingerprint density at radius 3 is 2.61 bits per heavy atom. The summed E-state index contributed by atoms with van der Waals surface area (Å²) < 4.78 is 0. The highest BCUT2D eigenvalue weighted by Gasteiger charge is 2.08. The summed E-state index contributed by atoms with van der Waals surface area (Å²) in [5.41, 5.74) is 8.84. The fraction of sp³-hybridized carbons (Fsp3) is 0.143. The maximum absolute atomic E-state index is 12.0. The molecule has 0 atom stereocenters. The monoisotopic (exact) mass is 241 g/mol. The second-order valence-corrected chi connectivity index (χ2v) is 4.30. The number of aryl methyl sites for hydroxylation is 2. The zero-order valence-corrected chi connectivity index (χ0v) is 10.4. The summed E-state index contributed by atoms with van der Waals surface area (Å²) in [4.78, 5) is 16.1. The third-order valence-electron chi connectivity index (χ3n) is 2.52. The first-order valence-corrected chi connectivity index (χ1v) is 5.66. The Kier molecular flexibility index (Phi) is 3.28. The number of anilines is 2. The van der Waals surface area contributed by atoms with Gasteiger partial charge in [0.1, 0.15) is 5.82 Å². The van der Waals surface area contributed by atoms with Crippen molar-refractivity contribution in [2.24, 2.45) is 0 Å². The van der Waals surface area contributed by atoms with E-state index in [0.29, 0.717) is 17.1 Å². The molecule has 92 valence electrons. The normalized spacial score (nSPS) is 10.1. The molecule has 1 amide bonds. The van der Waals surface area contributed by atoms with Gasteiger partial charge in [-0.05, 0) is 55.3 Å². The lowest BCUT2D eigenvalue weighted by molar-refractivity contribution is 0.102. The van der Waals surface area contributed by atoms with E-state index < -0.39 is 0 Å². The number of nitrogen functional groups attached to an aromatic ring is 1. The van der Waals surface area contributed by atoms with Crippen molar-refractivity contribution in [1.29, 1.82) is 0 Å². The number of nitrogens with two attached hydrogens (primary N) is 1. The van der Waals surface area contributed by atoms with Crippen molar-refractivity contribution in [3.05, 3.63) is 53.2 Å². The zero-order chi connectivity index (χ0) is 13.1. The van der Waals surface area contributed by atoms with E-state index in [1.165, 1.54) is 0 Å². The van der Waals surface area contributed by atoms with Crippen LogP contribution in [0.4, 0.5) is 11.5 Å². The van der Waals surface area contributed by atoms with Crippen LogP contribution in [-0.4, -0.2) is 10.9 Å². The fourth-order valence-electron chi connectivity index (χ4n) is 1.74. The van der Waals surface area contributed by atoms with E-state index in [1.54, 1.807) is 18.3 Å². The number of nitrogens with zero attached hydrogens (tertiary/aromatic N) is 1. The Morgan fingerprint density at radius 2 is 1.94 bits per heavy atom. The molecule has 2 aromatic rings. The molecule has 0 aliphatic carbocycles. The van der Waals surface area contributed by atoms with Gasteiger partial charge in [0.15, 0.2) is 0 Å². The van der Waals surface area contributed by atoms with E-state index in [4.69, 9.17) is 5.73 Å². The van der Waals surface area contributed by atoms with Gasteiger partial charge in [-0.25, -0.2) is 4.98 Å². The maximum atomic E-state index is 12.0. The van der Waals surface area contributed by atoms with Gasteiger partial charge < -0.3 is 11.1 Å². The van der Waals surface area contributed by atoms with Crippen molar-refractivity contribution in [3.8, 4) is 0 Å². The molecule has 4 nitrogen and oxygen atoms in total. The number of nitrogens with one attached hydrogen (secondary N) is 1. The Morgan fingerprint density at radius 1 is 1.17 bits per heavy atom. The molecule has 0 bridgehead atoms. The van der Waals surface area contributed by atoms with E-state index in [1.807, 2.05) is 32.0 Å². The number of carbonyl (C=O) groups excluding carboxylic acids is 1. The minimum absolute atomic E-state index is 0.205. The van der Waals surface area contributed by atoms with E-state index in [-0.39, 0.29) is 5.91 Å². The van der Waals surface area contributed by atoms with Gasteiger partial charge in [-0.3, -0.25) is 4.79 Å². The third kappa shape index (κ3) is 2.85. The average Bonchev–Trinajstić information content (AvgIpc) is 2.27. The number of aromatic nitrogens is 1. The molecule has 2 rings (SSSR count). The molecule has 4 heteroatoms. The number of rotatable bonds is 2. The first kappa shape index (κ1) is 12.1. The molecular weight excluding hydrogens is 226 g/mol. The summed E-state index contributed by atoms with van der Waals surface area (Å²) in [6.07, 6.45) is 1.66. The molecule has 0 saturated heterocycles. The van der Waals surface area contributed by atoms with Crippen LogP contribution in [0.1, 0.15) is 21.5 Å². The van der Waals surface area contributed by atoms with Crippen LogP contribution in [-0.2, 0) is 0 Å². The van der Waals surface area contributed by atoms with Crippen molar-refractivity contribution in [2.75, 3.05) is 11.1 Å². The molecule has 1 aromatic carbocycles. The third-order valence-corrected chi connectivity index (χ3v) is 2.52. The summed E-state index contributed by atoms with van der Waals surface area (Å²) >= 11 is 0. The van der Waals surface area contributed by atoms with Crippen LogP contribution in [0.15, 0.2) is 36.5 Å². The van der Waals surface area contributed by atoms with Crippen LogP contribution in [0.2, 0.25) is 0 Å². The van der Waals surface area contributed by atoms with Gasteiger partial charge in [0.2, 0.25) is 0 Å². The summed E-state index contributed by atoms with van der Waals surface area (Å²) in [6.45, 7) is 3.85. The zero-order valence-electron chi connectivity index (χ0n) is 10.4. The Balaban J connectivity index is 2.22. The van der Waals surface area contributed by atoms with Crippen molar-refractivity contribution >= 4 is 17.4 Å². The minimum atomic E-state index is -0.205. The van der Waals surface area contributed by atoms with Crippen LogP contribution in [0, 0.1) is 13.8 Å². The number of hydrogen-bond donors (Lipinski definition) is 2. The molecular formula is C14H15N3O. The highest BCUT2D eigenvalue weighted by molar-refractivity contribution is 6.04. The van der Waals surface area contributed by atoms with Gasteiger partial charge in [-0.15, -0.1) is 0 Å². The van der Waals surface area contributed by atoms with Gasteiger partial charge in [-0.2, -0.15) is 0 Å². The SMILES string of the molecule is Cc1cc(N)cc(C(=O)Nc2cc(C)ccn2)c1. The van der Waals surface area contributed by atoms with Crippen molar-refractivity contribution in [2.45, 2.75) is 13.8 Å². The molecule has 0 fully saturated rings. The van der Waals surface area contributed by atoms with Crippen LogP contribution in [0.5, 0.6) is 0 Å². The van der Waals surface area contributed by atoms with Gasteiger partial charge in [-0.1, -0.05) is 0 Å². The molecule has 3 N–H and O–H groups in total. The number of benzene rings is 1. The highest BCUT2D eigenvalue weighted by atomic mass is 16.1. The lowest BCUT2D eigenvalue weighted by Crippen LogP contribution is -2.13. The number of pyridine rings is 1. The Bertz CT molecular complexity index is 573. The predicted octanol–water partition coefficient (Wildman–Crippen LogP) is 2.53. The molecule has 0 aliphatic rings. The second kappa shape index (κ2) is 4.87. The van der Waals surface area contributed by atoms with E-state index in [2.05, 4.69) is 10.3 Å². The largest absolute Gasteiger partial charge is 0.399 e. The fourth-order valence-corrected chi connectivity index (χ4v) is 1.74. The van der Waals surface area contributed by atoms with Gasteiger partial charge in [0.25, 0.3) is 5.91 Å². The lowest BCUT2D eigenvalue weighted by atomic mass is 10.1. The van der Waals surface area contributed by atoms with Crippen molar-refractivity contribution in [1.82, 2.24) is 4.98 Å². The topological polar surface area (TPSA) is 68.0 Å². The summed E-state index contributed by atoms with van der Waals surface area (Å²) in [6, 6.07) is 8.96. The highest BCUT2D eigenvalue weighted by Crippen LogP contribution is 2.13. The molecule has 0 radical (unpaired) electrons. The molecule has 0 saturated carbocycles. The molecule has 0 unspecified atom stereocenters. The molecule has 0 aliphatic heterocycles. The summed E-state index contributed by atoms with van der Waals surface area (Å²) in [7, 11) is 0. The van der Waals surface area contributed by atoms with E-state index >= 15 is 0 Å². The molecule has 1 aromatic heterocycles. The second-order valence-electron chi connectivity index (χ2n) is 4.30. The first-order valence-electron chi connectivity index (χ1n) is 5.66. The van der Waals surface area contributed by atoms with Crippen LogP contribution in [0.3, 0.4) is 0 Å². The lowest BCUT2D eigenvalue weighted by Gasteiger charge is -2.06. The number of amides is 1. The number of hydrogen-bond acceptors (Lipinski definition) is 3. The van der Waals surface area contributed by atoms with Crippen LogP contribution >= 0.6 is 0 Å². The van der Waals surface area contributed by atoms with Crippen LogP contribution < -0.4 is 11.1 Å². The quantitative estimate of drug-likeness (QED) is 0.794. The Labute approximate surface area is 106 Å². The Hall–Kier alpha value is -2.36. The summed E-state index contributed by atoms with van der Waals surface area (Å²) in [5.74, 6) is 0.337. The van der Waals surface area contributed by atoms with Crippen LogP contribution in [0.25, 0.3) is 0 Å². The standard InChI is InChI=1S/C14H15N3O/c1-9-3-4-16-13(7-9)17-14(18)11-5-10(2)6-12(15)8-11/h3-8H,15H2,1-2H3,(H,16,17,18). The van der Waals surface area contributed by atoms with E-state index in [9.17, 15) is 4.79 Å². The molecule has 1 heterocycles. The van der Waals surface area contributed by atoms with E-state index in [0.717, 1.165) is 11.1 Å². The smallest absolute Gasteiger partial charge is 0.256 e. The van der Waals surface area contributed by atoms with Gasteiger partial charge in [0, 0.05) is 17.4 Å². The first-order chi connectivity index (χ1) is 8.54. The average molecular weight is 241 g/mol.